The van der Waals surface area contributed by atoms with Crippen molar-refractivity contribution in [2.75, 3.05) is 13.7 Å². The van der Waals surface area contributed by atoms with E-state index in [2.05, 4.69) is 6.58 Å². The Hall–Kier alpha value is -2.14. The number of Topliss-reactive ketones (excluding diaryl/α,β-unsaturated/α-hetero) is 1. The zero-order valence-electron chi connectivity index (χ0n) is 11.8. The maximum absolute atomic E-state index is 12.0. The van der Waals surface area contributed by atoms with Gasteiger partial charge in [-0.3, -0.25) is 4.79 Å². The van der Waals surface area contributed by atoms with Gasteiger partial charge < -0.3 is 14.6 Å². The second-order valence-corrected chi connectivity index (χ2v) is 4.19. The highest BCUT2D eigenvalue weighted by Crippen LogP contribution is 2.32. The third kappa shape index (κ3) is 2.88. The van der Waals surface area contributed by atoms with Crippen LogP contribution in [0.3, 0.4) is 0 Å². The molecule has 1 aromatic carbocycles. The third-order valence-corrected chi connectivity index (χ3v) is 2.94. The number of ether oxygens (including phenoxy) is 2. The number of carbonyl (C=O) groups excluding carboxylic acids is 2. The number of rotatable bonds is 6. The van der Waals surface area contributed by atoms with Gasteiger partial charge in [-0.1, -0.05) is 18.7 Å². The van der Waals surface area contributed by atoms with E-state index in [1.165, 1.54) is 26.2 Å². The van der Waals surface area contributed by atoms with Gasteiger partial charge in [0.25, 0.3) is 0 Å². The lowest BCUT2D eigenvalue weighted by Gasteiger charge is -2.27. The normalized spacial score (nSPS) is 13.2. The third-order valence-electron chi connectivity index (χ3n) is 2.94. The summed E-state index contributed by atoms with van der Waals surface area (Å²) in [5.74, 6) is -0.852. The summed E-state index contributed by atoms with van der Waals surface area (Å²) >= 11 is 0. The van der Waals surface area contributed by atoms with Crippen molar-refractivity contribution in [2.45, 2.75) is 19.4 Å². The predicted molar refractivity (Wildman–Crippen MR) is 73.3 cm³/mol. The minimum absolute atomic E-state index is 0.0858. The smallest absolute Gasteiger partial charge is 0.347 e. The van der Waals surface area contributed by atoms with E-state index in [1.807, 2.05) is 0 Å². The Kier molecular flexibility index (Phi) is 5.05. The zero-order chi connectivity index (χ0) is 15.3. The van der Waals surface area contributed by atoms with E-state index in [9.17, 15) is 14.7 Å². The van der Waals surface area contributed by atoms with Gasteiger partial charge >= 0.3 is 5.97 Å². The van der Waals surface area contributed by atoms with Crippen LogP contribution >= 0.6 is 0 Å². The topological polar surface area (TPSA) is 72.8 Å². The first-order valence-corrected chi connectivity index (χ1v) is 6.12. The van der Waals surface area contributed by atoms with Crippen molar-refractivity contribution >= 4 is 11.8 Å². The molecule has 1 N–H and O–H groups in total. The number of hydrogen-bond donors (Lipinski definition) is 1. The fraction of sp³-hybridized carbons (Fsp3) is 0.333. The van der Waals surface area contributed by atoms with Crippen molar-refractivity contribution in [2.24, 2.45) is 0 Å². The number of carbonyl (C=O) groups is 2. The Bertz CT molecular complexity index is 518. The van der Waals surface area contributed by atoms with E-state index in [1.54, 1.807) is 19.1 Å². The lowest BCUT2D eigenvalue weighted by molar-refractivity contribution is -0.163. The molecule has 0 aliphatic carbocycles. The standard InChI is InChI=1S/C15H18O5/c1-5-20-14(17)15(18,10(2)11(3)16)12-6-8-13(19-4)9-7-12/h6-9,18H,2,5H2,1,3-4H3. The molecule has 20 heavy (non-hydrogen) atoms. The van der Waals surface area contributed by atoms with Gasteiger partial charge in [0.2, 0.25) is 5.60 Å². The summed E-state index contributed by atoms with van der Waals surface area (Å²) in [6, 6.07) is 6.13. The molecule has 0 radical (unpaired) electrons. The van der Waals surface area contributed by atoms with Crippen molar-refractivity contribution in [1.82, 2.24) is 0 Å². The minimum atomic E-state index is -2.19. The number of hydrogen-bond acceptors (Lipinski definition) is 5. The number of benzene rings is 1. The minimum Gasteiger partial charge on any atom is -0.497 e. The zero-order valence-corrected chi connectivity index (χ0v) is 11.8. The summed E-state index contributed by atoms with van der Waals surface area (Å²) in [6.07, 6.45) is 0. The molecule has 0 fully saturated rings. The Morgan fingerprint density at radius 1 is 1.30 bits per heavy atom. The van der Waals surface area contributed by atoms with Gasteiger partial charge in [0.1, 0.15) is 5.75 Å². The molecule has 0 aliphatic rings. The lowest BCUT2D eigenvalue weighted by atomic mass is 9.85. The van der Waals surface area contributed by atoms with E-state index in [0.717, 1.165) is 0 Å². The maximum Gasteiger partial charge on any atom is 0.347 e. The van der Waals surface area contributed by atoms with Crippen molar-refractivity contribution in [3.05, 3.63) is 42.0 Å². The van der Waals surface area contributed by atoms with Crippen LogP contribution < -0.4 is 4.74 Å². The molecule has 1 atom stereocenters. The Morgan fingerprint density at radius 2 is 1.85 bits per heavy atom. The van der Waals surface area contributed by atoms with E-state index < -0.39 is 17.4 Å². The summed E-state index contributed by atoms with van der Waals surface area (Å²) in [5, 5.41) is 10.6. The molecule has 5 nitrogen and oxygen atoms in total. The Balaban J connectivity index is 3.32. The van der Waals surface area contributed by atoms with E-state index in [0.29, 0.717) is 5.75 Å². The summed E-state index contributed by atoms with van der Waals surface area (Å²) in [4.78, 5) is 23.6. The van der Waals surface area contributed by atoms with Crippen LogP contribution in [0.2, 0.25) is 0 Å². The van der Waals surface area contributed by atoms with Crippen molar-refractivity contribution in [1.29, 1.82) is 0 Å². The Labute approximate surface area is 117 Å². The largest absolute Gasteiger partial charge is 0.497 e. The van der Waals surface area contributed by atoms with Crippen LogP contribution in [0.4, 0.5) is 0 Å². The highest BCUT2D eigenvalue weighted by Gasteiger charge is 2.44. The van der Waals surface area contributed by atoms with Crippen LogP contribution in [0.25, 0.3) is 0 Å². The van der Waals surface area contributed by atoms with Crippen LogP contribution in [-0.2, 0) is 19.9 Å². The molecular formula is C15H18O5. The van der Waals surface area contributed by atoms with Crippen molar-refractivity contribution < 1.29 is 24.2 Å². The molecule has 0 bridgehead atoms. The summed E-state index contributed by atoms with van der Waals surface area (Å²) in [5.41, 5.74) is -2.22. The Morgan fingerprint density at radius 3 is 2.25 bits per heavy atom. The molecule has 0 heterocycles. The number of ketones is 1. The van der Waals surface area contributed by atoms with Gasteiger partial charge in [-0.05, 0) is 31.5 Å². The molecule has 0 aliphatic heterocycles. The summed E-state index contributed by atoms with van der Waals surface area (Å²) in [7, 11) is 1.50. The van der Waals surface area contributed by atoms with Gasteiger partial charge in [-0.15, -0.1) is 0 Å². The number of esters is 1. The van der Waals surface area contributed by atoms with Crippen LogP contribution in [0.1, 0.15) is 19.4 Å². The van der Waals surface area contributed by atoms with Crippen LogP contribution in [0, 0.1) is 0 Å². The molecular weight excluding hydrogens is 260 g/mol. The van der Waals surface area contributed by atoms with Gasteiger partial charge in [-0.2, -0.15) is 0 Å². The molecule has 0 saturated carbocycles. The first-order valence-electron chi connectivity index (χ1n) is 6.12. The van der Waals surface area contributed by atoms with Gasteiger partial charge in [0.05, 0.1) is 13.7 Å². The summed E-state index contributed by atoms with van der Waals surface area (Å²) < 4.78 is 9.87. The highest BCUT2D eigenvalue weighted by atomic mass is 16.5. The first-order chi connectivity index (χ1) is 9.37. The molecule has 0 aromatic heterocycles. The molecule has 1 unspecified atom stereocenters. The molecule has 108 valence electrons. The fourth-order valence-electron chi connectivity index (χ4n) is 1.74. The summed E-state index contributed by atoms with van der Waals surface area (Å²) in [6.45, 7) is 6.45. The second-order valence-electron chi connectivity index (χ2n) is 4.19. The molecule has 5 heteroatoms. The quantitative estimate of drug-likeness (QED) is 0.632. The maximum atomic E-state index is 12.0. The van der Waals surface area contributed by atoms with Crippen molar-refractivity contribution in [3.8, 4) is 5.75 Å². The number of methoxy groups -OCH3 is 1. The average molecular weight is 278 g/mol. The lowest BCUT2D eigenvalue weighted by Crippen LogP contribution is -2.41. The molecule has 1 rings (SSSR count). The molecule has 0 spiro atoms. The molecule has 0 amide bonds. The molecule has 1 aromatic rings. The average Bonchev–Trinajstić information content (AvgIpc) is 2.45. The van der Waals surface area contributed by atoms with Crippen molar-refractivity contribution in [3.63, 3.8) is 0 Å². The SMILES string of the molecule is C=C(C(C)=O)C(O)(C(=O)OCC)c1ccc(OC)cc1. The van der Waals surface area contributed by atoms with E-state index in [-0.39, 0.29) is 17.7 Å². The predicted octanol–water partition coefficient (Wildman–Crippen LogP) is 1.59. The molecule has 0 saturated heterocycles. The first kappa shape index (κ1) is 15.9. The van der Waals surface area contributed by atoms with Crippen LogP contribution in [-0.4, -0.2) is 30.6 Å². The van der Waals surface area contributed by atoms with E-state index in [4.69, 9.17) is 9.47 Å². The van der Waals surface area contributed by atoms with Gasteiger partial charge in [0, 0.05) is 5.57 Å². The highest BCUT2D eigenvalue weighted by molar-refractivity contribution is 6.02. The van der Waals surface area contributed by atoms with Gasteiger partial charge in [0.15, 0.2) is 5.78 Å². The van der Waals surface area contributed by atoms with Gasteiger partial charge in [-0.25, -0.2) is 4.79 Å². The number of aliphatic hydroxyl groups is 1. The van der Waals surface area contributed by atoms with Crippen LogP contribution in [0.15, 0.2) is 36.4 Å². The fourth-order valence-corrected chi connectivity index (χ4v) is 1.74. The van der Waals surface area contributed by atoms with E-state index >= 15 is 0 Å². The monoisotopic (exact) mass is 278 g/mol. The van der Waals surface area contributed by atoms with Crippen LogP contribution in [0.5, 0.6) is 5.75 Å². The second kappa shape index (κ2) is 6.34.